The van der Waals surface area contributed by atoms with E-state index in [9.17, 15) is 13.2 Å². The van der Waals surface area contributed by atoms with Gasteiger partial charge in [-0.05, 0) is 0 Å². The van der Waals surface area contributed by atoms with Crippen LogP contribution >= 0.6 is 24.8 Å². The first-order valence-corrected chi connectivity index (χ1v) is 6.00. The number of hydrogen-bond donors (Lipinski definition) is 0. The van der Waals surface area contributed by atoms with E-state index in [0.29, 0.717) is 24.2 Å². The van der Waals surface area contributed by atoms with Crippen LogP contribution in [0.3, 0.4) is 0 Å². The summed E-state index contributed by atoms with van der Waals surface area (Å²) in [7, 11) is 0. The van der Waals surface area contributed by atoms with Gasteiger partial charge in [-0.2, -0.15) is 12.2 Å². The van der Waals surface area contributed by atoms with E-state index in [1.807, 2.05) is 24.3 Å². The van der Waals surface area contributed by atoms with Crippen LogP contribution in [0, 0.1) is 19.6 Å². The zero-order chi connectivity index (χ0) is 12.3. The Morgan fingerprint density at radius 3 is 1.32 bits per heavy atom. The summed E-state index contributed by atoms with van der Waals surface area (Å²) in [6.45, 7) is 0. The second-order valence-corrected chi connectivity index (χ2v) is 3.40. The Hall–Kier alpha value is 0.0831. The second kappa shape index (κ2) is 18.1. The fourth-order valence-electron chi connectivity index (χ4n) is 0.680. The molecule has 110 valence electrons. The molecule has 0 unspecified atom stereocenters. The molecule has 19 heavy (non-hydrogen) atoms. The predicted molar refractivity (Wildman–Crippen MR) is 76.2 cm³/mol. The molecule has 2 aliphatic rings. The van der Waals surface area contributed by atoms with Gasteiger partial charge in [0.05, 0.1) is 0 Å². The first-order chi connectivity index (χ1) is 7.56. The van der Waals surface area contributed by atoms with Crippen molar-refractivity contribution in [1.82, 2.24) is 0 Å². The third kappa shape index (κ3) is 27.3. The van der Waals surface area contributed by atoms with Crippen LogP contribution in [0.25, 0.3) is 0 Å². The molecule has 6 heteroatoms. The van der Waals surface area contributed by atoms with Gasteiger partial charge in [0.25, 0.3) is 0 Å². The van der Waals surface area contributed by atoms with E-state index >= 15 is 0 Å². The van der Waals surface area contributed by atoms with Gasteiger partial charge < -0.3 is 7.43 Å². The first-order valence-electron chi connectivity index (χ1n) is 4.58. The molecule has 0 N–H and O–H groups in total. The average Bonchev–Trinajstić information content (AvgIpc) is 2.95. The van der Waals surface area contributed by atoms with Crippen molar-refractivity contribution in [2.45, 2.75) is 19.0 Å². The van der Waals surface area contributed by atoms with Gasteiger partial charge in [0.2, 0.25) is 0 Å². The Morgan fingerprint density at radius 1 is 0.947 bits per heavy atom. The minimum absolute atomic E-state index is 0. The fourth-order valence-corrected chi connectivity index (χ4v) is 0.680. The number of alkyl halides is 3. The summed E-state index contributed by atoms with van der Waals surface area (Å²) >= 11 is 0.401. The van der Waals surface area contributed by atoms with Crippen LogP contribution < -0.4 is 0 Å². The standard InChI is InChI=1S/2C5H5.C2HF3.CH3.2ClH.Zr/c2*1-2-4-5-3-1;1-2(3,4)5;;;;/h2*1-3H,4H2;1H;1H3;2*1H;/q2*-1;;-1;;;. The van der Waals surface area contributed by atoms with Crippen LogP contribution in [-0.4, -0.2) is 9.89 Å². The maximum absolute atomic E-state index is 10.8. The van der Waals surface area contributed by atoms with Crippen molar-refractivity contribution in [3.63, 3.8) is 0 Å². The Labute approximate surface area is 140 Å². The molecule has 0 fully saturated rings. The summed E-state index contributed by atoms with van der Waals surface area (Å²) in [5, 5.41) is 0. The number of allylic oxidation sites excluding steroid dienone is 8. The zero-order valence-electron chi connectivity index (χ0n) is 10.4. The smallest absolute Gasteiger partial charge is 0.109 e. The van der Waals surface area contributed by atoms with Crippen molar-refractivity contribution < 1.29 is 37.4 Å². The van der Waals surface area contributed by atoms with Gasteiger partial charge in [-0.15, -0.1) is 37.7 Å². The molecule has 0 aromatic rings. The minimum Gasteiger partial charge on any atom is -0.358 e. The molecular formula is C13H16Cl2F3Zr-3. The van der Waals surface area contributed by atoms with Crippen molar-refractivity contribution in [3.8, 4) is 0 Å². The van der Waals surface area contributed by atoms with E-state index in [1.54, 1.807) is 0 Å². The van der Waals surface area contributed by atoms with E-state index in [4.69, 9.17) is 0 Å². The van der Waals surface area contributed by atoms with Gasteiger partial charge >= 0.3 is 47.3 Å². The van der Waals surface area contributed by atoms with Crippen LogP contribution in [0.15, 0.2) is 36.5 Å². The van der Waals surface area contributed by atoms with E-state index in [-0.39, 0.29) is 35.9 Å². The van der Waals surface area contributed by atoms with Gasteiger partial charge in [0, 0.05) is 0 Å². The predicted octanol–water partition coefficient (Wildman–Crippen LogP) is 4.80. The summed E-state index contributed by atoms with van der Waals surface area (Å²) in [6.07, 6.45) is 16.0. The summed E-state index contributed by atoms with van der Waals surface area (Å²) in [5.74, 6) is 0. The third-order valence-electron chi connectivity index (χ3n) is 1.34. The Bertz CT molecular complexity index is 264. The van der Waals surface area contributed by atoms with Crippen LogP contribution in [-0.2, 0) is 24.2 Å². The molecule has 2 rings (SSSR count). The van der Waals surface area contributed by atoms with Gasteiger partial charge in [-0.3, -0.25) is 12.2 Å². The summed E-state index contributed by atoms with van der Waals surface area (Å²) in [5.41, 5.74) is 0. The zero-order valence-corrected chi connectivity index (χ0v) is 14.5. The van der Waals surface area contributed by atoms with Crippen LogP contribution in [0.1, 0.15) is 12.8 Å². The van der Waals surface area contributed by atoms with Crippen LogP contribution in [0.5, 0.6) is 0 Å². The molecule has 0 atom stereocenters. The molecule has 0 heterocycles. The van der Waals surface area contributed by atoms with Crippen molar-refractivity contribution in [2.75, 3.05) is 0 Å². The summed E-state index contributed by atoms with van der Waals surface area (Å²) in [4.78, 5) is 0. The molecule has 0 aliphatic heterocycles. The Kier molecular flexibility index (Phi) is 26.1. The van der Waals surface area contributed by atoms with Gasteiger partial charge in [-0.25, -0.2) is 24.3 Å². The average molecular weight is 391 g/mol. The molecule has 0 spiro atoms. The van der Waals surface area contributed by atoms with Crippen molar-refractivity contribution in [3.05, 3.63) is 56.0 Å². The van der Waals surface area contributed by atoms with Crippen LogP contribution in [0.4, 0.5) is 13.2 Å². The molecule has 0 saturated carbocycles. The quantitative estimate of drug-likeness (QED) is 0.520. The van der Waals surface area contributed by atoms with E-state index in [2.05, 4.69) is 24.3 Å². The third-order valence-corrected chi connectivity index (χ3v) is 2.14. The van der Waals surface area contributed by atoms with Gasteiger partial charge in [0.15, 0.2) is 0 Å². The summed E-state index contributed by atoms with van der Waals surface area (Å²) in [6, 6.07) is 0. The number of hydrogen-bond acceptors (Lipinski definition) is 0. The Balaban J connectivity index is -0.0000000824. The molecule has 0 nitrogen and oxygen atoms in total. The molecule has 0 bridgehead atoms. The Morgan fingerprint density at radius 2 is 1.26 bits per heavy atom. The molecule has 0 amide bonds. The summed E-state index contributed by atoms with van der Waals surface area (Å²) < 4.78 is 32.5. The number of halogens is 5. The molecular weight excluding hydrogens is 375 g/mol. The fraction of sp³-hybridized carbons (Fsp3) is 0.231. The van der Waals surface area contributed by atoms with E-state index in [1.165, 1.54) is 0 Å². The van der Waals surface area contributed by atoms with E-state index < -0.39 is 6.18 Å². The normalized spacial score (nSPS) is 12.7. The van der Waals surface area contributed by atoms with Crippen molar-refractivity contribution in [2.24, 2.45) is 0 Å². The van der Waals surface area contributed by atoms with Gasteiger partial charge in [0.1, 0.15) is 0 Å². The molecule has 2 aliphatic carbocycles. The molecule has 0 radical (unpaired) electrons. The van der Waals surface area contributed by atoms with Gasteiger partial charge in [-0.1, -0.05) is 0 Å². The van der Waals surface area contributed by atoms with E-state index in [0.717, 1.165) is 12.8 Å². The second-order valence-electron chi connectivity index (χ2n) is 2.69. The monoisotopic (exact) mass is 389 g/mol. The molecule has 0 saturated heterocycles. The van der Waals surface area contributed by atoms with Crippen molar-refractivity contribution in [1.29, 1.82) is 0 Å². The SMILES string of the molecule is Cl.Cl.FC(F)(F)[CH]=[Zr].[C-]1=CC=CC1.[C-]1=CC=CC1.[CH3-]. The largest absolute Gasteiger partial charge is 0.358 e. The maximum atomic E-state index is 10.8. The topological polar surface area (TPSA) is 0 Å². The van der Waals surface area contributed by atoms with Crippen molar-refractivity contribution >= 4 is 28.5 Å². The maximum Gasteiger partial charge on any atom is -0.109 e. The number of rotatable bonds is 0. The first kappa shape index (κ1) is 27.4. The minimum atomic E-state index is -4.04. The molecule has 0 aromatic heterocycles. The van der Waals surface area contributed by atoms with Crippen LogP contribution in [0.2, 0.25) is 0 Å². The molecule has 0 aromatic carbocycles.